The Kier molecular flexibility index (Phi) is 4.53. The number of rotatable bonds is 4. The highest BCUT2D eigenvalue weighted by Crippen LogP contribution is 2.09. The number of amides is 1. The predicted molar refractivity (Wildman–Crippen MR) is 75.2 cm³/mol. The maximum atomic E-state index is 11.6. The Morgan fingerprint density at radius 1 is 1.26 bits per heavy atom. The van der Waals surface area contributed by atoms with E-state index in [9.17, 15) is 4.79 Å². The number of hydrazone groups is 1. The molecule has 0 bridgehead atoms. The Morgan fingerprint density at radius 3 is 2.74 bits per heavy atom. The molecule has 0 unspecified atom stereocenters. The normalized spacial score (nSPS) is 11.2. The van der Waals surface area contributed by atoms with Crippen molar-refractivity contribution in [2.45, 2.75) is 0 Å². The van der Waals surface area contributed by atoms with Gasteiger partial charge < -0.3 is 4.42 Å². The van der Waals surface area contributed by atoms with Crippen molar-refractivity contribution in [1.82, 2.24) is 5.43 Å². The van der Waals surface area contributed by atoms with Gasteiger partial charge in [-0.3, -0.25) is 4.79 Å². The standard InChI is InChI=1S/C14H11ClN2O2/c15-12-7-5-11(6-8-12)14(18)17-16-9-1-3-13-4-2-10-19-13/h1-10H,(H,17,18). The van der Waals surface area contributed by atoms with E-state index in [-0.39, 0.29) is 5.91 Å². The summed E-state index contributed by atoms with van der Waals surface area (Å²) in [6.07, 6.45) is 6.45. The summed E-state index contributed by atoms with van der Waals surface area (Å²) in [5.41, 5.74) is 2.90. The number of nitrogens with zero attached hydrogens (tertiary/aromatic N) is 1. The van der Waals surface area contributed by atoms with Crippen LogP contribution in [0.3, 0.4) is 0 Å². The molecule has 1 aromatic heterocycles. The van der Waals surface area contributed by atoms with Gasteiger partial charge in [0.15, 0.2) is 0 Å². The molecule has 1 N–H and O–H groups in total. The second-order valence-electron chi connectivity index (χ2n) is 3.60. The first-order valence-electron chi connectivity index (χ1n) is 5.55. The number of carbonyl (C=O) groups excluding carboxylic acids is 1. The van der Waals surface area contributed by atoms with Crippen LogP contribution in [-0.4, -0.2) is 12.1 Å². The first-order chi connectivity index (χ1) is 9.25. The number of hydrogen-bond acceptors (Lipinski definition) is 3. The van der Waals surface area contributed by atoms with Gasteiger partial charge in [-0.2, -0.15) is 5.10 Å². The van der Waals surface area contributed by atoms with Crippen molar-refractivity contribution in [3.05, 3.63) is 65.1 Å². The summed E-state index contributed by atoms with van der Waals surface area (Å²) < 4.78 is 5.09. The Balaban J connectivity index is 1.85. The van der Waals surface area contributed by atoms with Crippen LogP contribution in [0.15, 0.2) is 58.3 Å². The van der Waals surface area contributed by atoms with Gasteiger partial charge in [0.25, 0.3) is 5.91 Å². The fraction of sp³-hybridized carbons (Fsp3) is 0. The van der Waals surface area contributed by atoms with Crippen LogP contribution in [0.5, 0.6) is 0 Å². The quantitative estimate of drug-likeness (QED) is 0.686. The third-order valence-corrected chi connectivity index (χ3v) is 2.49. The second-order valence-corrected chi connectivity index (χ2v) is 4.04. The number of benzene rings is 1. The molecule has 0 fully saturated rings. The molecule has 0 saturated carbocycles. The third kappa shape index (κ3) is 4.12. The molecule has 1 amide bonds. The van der Waals surface area contributed by atoms with Crippen LogP contribution in [0, 0.1) is 0 Å². The van der Waals surface area contributed by atoms with E-state index in [0.29, 0.717) is 10.6 Å². The molecule has 0 saturated heterocycles. The number of allylic oxidation sites excluding steroid dienone is 1. The molecule has 4 nitrogen and oxygen atoms in total. The van der Waals surface area contributed by atoms with Crippen molar-refractivity contribution in [3.63, 3.8) is 0 Å². The zero-order chi connectivity index (χ0) is 13.5. The Labute approximate surface area is 115 Å². The lowest BCUT2D eigenvalue weighted by Gasteiger charge is -1.98. The van der Waals surface area contributed by atoms with E-state index in [4.69, 9.17) is 16.0 Å². The van der Waals surface area contributed by atoms with E-state index >= 15 is 0 Å². The highest BCUT2D eigenvalue weighted by molar-refractivity contribution is 6.30. The zero-order valence-electron chi connectivity index (χ0n) is 9.92. The number of halogens is 1. The molecule has 1 aromatic carbocycles. The minimum absolute atomic E-state index is 0.292. The number of carbonyl (C=O) groups is 1. The molecule has 0 atom stereocenters. The Morgan fingerprint density at radius 2 is 2.05 bits per heavy atom. The number of nitrogens with one attached hydrogen (secondary N) is 1. The minimum Gasteiger partial charge on any atom is -0.465 e. The molecule has 2 aromatic rings. The van der Waals surface area contributed by atoms with Crippen molar-refractivity contribution in [2.24, 2.45) is 5.10 Å². The summed E-state index contributed by atoms with van der Waals surface area (Å²) in [6, 6.07) is 10.2. The largest absolute Gasteiger partial charge is 0.465 e. The second kappa shape index (κ2) is 6.56. The molecule has 0 aliphatic heterocycles. The lowest BCUT2D eigenvalue weighted by Crippen LogP contribution is -2.17. The summed E-state index contributed by atoms with van der Waals surface area (Å²) >= 11 is 5.73. The van der Waals surface area contributed by atoms with Gasteiger partial charge in [0.1, 0.15) is 5.76 Å². The molecule has 19 heavy (non-hydrogen) atoms. The topological polar surface area (TPSA) is 54.6 Å². The lowest BCUT2D eigenvalue weighted by atomic mass is 10.2. The van der Waals surface area contributed by atoms with E-state index in [1.54, 1.807) is 48.7 Å². The summed E-state index contributed by atoms with van der Waals surface area (Å²) in [4.78, 5) is 11.6. The Hall–Kier alpha value is -2.33. The van der Waals surface area contributed by atoms with Crippen molar-refractivity contribution in [1.29, 1.82) is 0 Å². The number of furan rings is 1. The molecule has 0 aliphatic rings. The maximum absolute atomic E-state index is 11.6. The molecule has 0 aliphatic carbocycles. The summed E-state index contributed by atoms with van der Waals surface area (Å²) in [5, 5.41) is 4.37. The van der Waals surface area contributed by atoms with Crippen LogP contribution < -0.4 is 5.43 Å². The van der Waals surface area contributed by atoms with Crippen molar-refractivity contribution >= 4 is 29.8 Å². The van der Waals surface area contributed by atoms with E-state index in [2.05, 4.69) is 10.5 Å². The zero-order valence-corrected chi connectivity index (χ0v) is 10.7. The van der Waals surface area contributed by atoms with Gasteiger partial charge in [0.2, 0.25) is 0 Å². The van der Waals surface area contributed by atoms with Gasteiger partial charge in [0, 0.05) is 16.8 Å². The molecular formula is C14H11ClN2O2. The van der Waals surface area contributed by atoms with E-state index in [0.717, 1.165) is 5.76 Å². The van der Waals surface area contributed by atoms with Crippen molar-refractivity contribution in [3.8, 4) is 0 Å². The number of hydrogen-bond donors (Lipinski definition) is 1. The average molecular weight is 275 g/mol. The third-order valence-electron chi connectivity index (χ3n) is 2.24. The van der Waals surface area contributed by atoms with Crippen LogP contribution in [0.25, 0.3) is 6.08 Å². The van der Waals surface area contributed by atoms with Gasteiger partial charge >= 0.3 is 0 Å². The lowest BCUT2D eigenvalue weighted by molar-refractivity contribution is 0.0955. The van der Waals surface area contributed by atoms with Gasteiger partial charge in [-0.25, -0.2) is 5.43 Å². The highest BCUT2D eigenvalue weighted by Gasteiger charge is 2.02. The van der Waals surface area contributed by atoms with Crippen LogP contribution >= 0.6 is 11.6 Å². The van der Waals surface area contributed by atoms with Gasteiger partial charge in [0.05, 0.1) is 6.26 Å². The van der Waals surface area contributed by atoms with Crippen LogP contribution in [0.4, 0.5) is 0 Å². The van der Waals surface area contributed by atoms with E-state index < -0.39 is 0 Å². The first-order valence-corrected chi connectivity index (χ1v) is 5.92. The van der Waals surface area contributed by atoms with E-state index in [1.807, 2.05) is 6.07 Å². The molecule has 1 heterocycles. The summed E-state index contributed by atoms with van der Waals surface area (Å²) in [5.74, 6) is 0.426. The van der Waals surface area contributed by atoms with E-state index in [1.165, 1.54) is 6.21 Å². The highest BCUT2D eigenvalue weighted by atomic mass is 35.5. The Bertz CT molecular complexity index is 586. The van der Waals surface area contributed by atoms with Gasteiger partial charge in [-0.15, -0.1) is 0 Å². The smallest absolute Gasteiger partial charge is 0.271 e. The maximum Gasteiger partial charge on any atom is 0.271 e. The fourth-order valence-corrected chi connectivity index (χ4v) is 1.45. The minimum atomic E-state index is -0.292. The SMILES string of the molecule is O=C(NN=CC=Cc1ccco1)c1ccc(Cl)cc1. The molecule has 2 rings (SSSR count). The average Bonchev–Trinajstić information content (AvgIpc) is 2.92. The summed E-state index contributed by atoms with van der Waals surface area (Å²) in [6.45, 7) is 0. The molecule has 0 spiro atoms. The molecule has 96 valence electrons. The first kappa shape index (κ1) is 13.1. The van der Waals surface area contributed by atoms with Crippen LogP contribution in [0.2, 0.25) is 5.02 Å². The molecule has 0 radical (unpaired) electrons. The van der Waals surface area contributed by atoms with Crippen LogP contribution in [0.1, 0.15) is 16.1 Å². The van der Waals surface area contributed by atoms with Crippen LogP contribution in [-0.2, 0) is 0 Å². The molecule has 5 heteroatoms. The van der Waals surface area contributed by atoms with Crippen molar-refractivity contribution in [2.75, 3.05) is 0 Å². The monoisotopic (exact) mass is 274 g/mol. The van der Waals surface area contributed by atoms with Crippen molar-refractivity contribution < 1.29 is 9.21 Å². The molecular weight excluding hydrogens is 264 g/mol. The van der Waals surface area contributed by atoms with Gasteiger partial charge in [-0.1, -0.05) is 11.6 Å². The summed E-state index contributed by atoms with van der Waals surface area (Å²) in [7, 11) is 0. The predicted octanol–water partition coefficient (Wildman–Crippen LogP) is 3.36. The fourth-order valence-electron chi connectivity index (χ4n) is 1.33. The van der Waals surface area contributed by atoms with Gasteiger partial charge in [-0.05, 0) is 48.6 Å².